The van der Waals surface area contributed by atoms with Crippen molar-refractivity contribution < 1.29 is 9.18 Å². The largest absolute Gasteiger partial charge is 0.307 e. The molecule has 4 aromatic rings. The summed E-state index contributed by atoms with van der Waals surface area (Å²) < 4.78 is 14.8. The molecule has 31 heavy (non-hydrogen) atoms. The van der Waals surface area contributed by atoms with Gasteiger partial charge >= 0.3 is 4.87 Å². The molecule has 0 aliphatic rings. The van der Waals surface area contributed by atoms with Crippen LogP contribution < -0.4 is 9.77 Å². The smallest absolute Gasteiger partial charge is 0.294 e. The van der Waals surface area contributed by atoms with Crippen molar-refractivity contribution in [1.82, 2.24) is 9.55 Å². The Morgan fingerprint density at radius 1 is 1.03 bits per heavy atom. The molecule has 2 heterocycles. The number of anilines is 2. The molecule has 0 N–H and O–H groups in total. The fourth-order valence-corrected chi connectivity index (χ4v) is 4.97. The summed E-state index contributed by atoms with van der Waals surface area (Å²) >= 11 is 2.40. The van der Waals surface area contributed by atoms with Crippen LogP contribution in [0.25, 0.3) is 11.3 Å². The van der Waals surface area contributed by atoms with Gasteiger partial charge in [0.25, 0.3) is 5.91 Å². The number of amides is 1. The van der Waals surface area contributed by atoms with Crippen LogP contribution in [0.15, 0.2) is 58.0 Å². The molecule has 5 nitrogen and oxygen atoms in total. The molecule has 0 saturated carbocycles. The predicted octanol–water partition coefficient (Wildman–Crippen LogP) is 5.46. The third-order valence-electron chi connectivity index (χ3n) is 4.81. The summed E-state index contributed by atoms with van der Waals surface area (Å²) in [7, 11) is 0. The van der Waals surface area contributed by atoms with Crippen LogP contribution in [0.3, 0.4) is 0 Å². The zero-order valence-electron chi connectivity index (χ0n) is 17.3. The van der Waals surface area contributed by atoms with E-state index in [0.29, 0.717) is 16.5 Å². The summed E-state index contributed by atoms with van der Waals surface area (Å²) in [6.45, 7) is 5.67. The Morgan fingerprint density at radius 3 is 2.32 bits per heavy atom. The van der Waals surface area contributed by atoms with Crippen molar-refractivity contribution in [2.45, 2.75) is 27.3 Å². The third kappa shape index (κ3) is 4.50. The maximum absolute atomic E-state index is 13.4. The molecule has 0 saturated heterocycles. The van der Waals surface area contributed by atoms with E-state index in [1.807, 2.05) is 44.4 Å². The maximum Gasteiger partial charge on any atom is 0.307 e. The quantitative estimate of drug-likeness (QED) is 0.403. The molecule has 0 fully saturated rings. The van der Waals surface area contributed by atoms with E-state index in [1.165, 1.54) is 28.0 Å². The summed E-state index contributed by atoms with van der Waals surface area (Å²) in [5.74, 6) is -0.573. The molecular weight excluding hydrogens is 433 g/mol. The van der Waals surface area contributed by atoms with Crippen LogP contribution in [0, 0.1) is 26.6 Å². The Balaban J connectivity index is 1.76. The monoisotopic (exact) mass is 453 g/mol. The molecule has 0 atom stereocenters. The highest BCUT2D eigenvalue weighted by Gasteiger charge is 2.23. The maximum atomic E-state index is 13.4. The molecule has 0 unspecified atom stereocenters. The van der Waals surface area contributed by atoms with E-state index in [4.69, 9.17) is 0 Å². The second-order valence-corrected chi connectivity index (χ2v) is 8.98. The number of hydrogen-bond donors (Lipinski definition) is 0. The van der Waals surface area contributed by atoms with Crippen LogP contribution >= 0.6 is 22.7 Å². The molecular formula is C23H20FN3O2S2. The highest BCUT2D eigenvalue weighted by Crippen LogP contribution is 2.33. The Labute approximate surface area is 187 Å². The van der Waals surface area contributed by atoms with E-state index in [-0.39, 0.29) is 23.1 Å². The molecule has 8 heteroatoms. The number of carbonyl (C=O) groups excluding carboxylic acids is 1. The highest BCUT2D eigenvalue weighted by atomic mass is 32.1. The van der Waals surface area contributed by atoms with E-state index in [9.17, 15) is 14.0 Å². The van der Waals surface area contributed by atoms with Gasteiger partial charge in [0.05, 0.1) is 11.4 Å². The number of aryl methyl sites for hydroxylation is 3. The van der Waals surface area contributed by atoms with Crippen LogP contribution in [0.1, 0.15) is 16.8 Å². The summed E-state index contributed by atoms with van der Waals surface area (Å²) in [4.78, 5) is 31.6. The fourth-order valence-electron chi connectivity index (χ4n) is 3.36. The highest BCUT2D eigenvalue weighted by molar-refractivity contribution is 7.14. The van der Waals surface area contributed by atoms with Crippen LogP contribution in [-0.2, 0) is 11.3 Å². The van der Waals surface area contributed by atoms with Gasteiger partial charge in [-0.05, 0) is 68.3 Å². The van der Waals surface area contributed by atoms with Crippen molar-refractivity contribution in [3.63, 3.8) is 0 Å². The van der Waals surface area contributed by atoms with Crippen LogP contribution in [0.4, 0.5) is 15.2 Å². The van der Waals surface area contributed by atoms with Gasteiger partial charge in [-0.25, -0.2) is 9.37 Å². The molecule has 2 aromatic heterocycles. The van der Waals surface area contributed by atoms with Gasteiger partial charge in [-0.1, -0.05) is 17.4 Å². The van der Waals surface area contributed by atoms with E-state index in [1.54, 1.807) is 22.4 Å². The predicted molar refractivity (Wildman–Crippen MR) is 124 cm³/mol. The molecule has 0 bridgehead atoms. The zero-order chi connectivity index (χ0) is 22.1. The lowest BCUT2D eigenvalue weighted by atomic mass is 10.1. The minimum absolute atomic E-state index is 0.0768. The van der Waals surface area contributed by atoms with Crippen molar-refractivity contribution in [2.75, 3.05) is 4.90 Å². The number of hydrogen-bond acceptors (Lipinski definition) is 5. The second-order valence-electron chi connectivity index (χ2n) is 7.33. The normalized spacial score (nSPS) is 11.0. The van der Waals surface area contributed by atoms with Gasteiger partial charge in [-0.3, -0.25) is 19.1 Å². The van der Waals surface area contributed by atoms with E-state index >= 15 is 0 Å². The molecule has 1 amide bonds. The average molecular weight is 454 g/mol. The number of halogens is 1. The minimum Gasteiger partial charge on any atom is -0.294 e. The summed E-state index contributed by atoms with van der Waals surface area (Å²) in [5.41, 5.74) is 4.91. The van der Waals surface area contributed by atoms with Crippen molar-refractivity contribution in [1.29, 1.82) is 0 Å². The molecule has 158 valence electrons. The standard InChI is InChI=1S/C23H20FN3O2S2/c1-14-8-15(2)10-19(9-14)27(21(28)11-26-16(3)12-31-23(26)29)22-25-20(13-30-22)17-4-6-18(24)7-5-17/h4-10,12-13H,11H2,1-3H3. The Bertz CT molecular complexity index is 1280. The van der Waals surface area contributed by atoms with Gasteiger partial charge in [0.1, 0.15) is 12.4 Å². The SMILES string of the molecule is Cc1cc(C)cc(N(C(=O)Cn2c(C)csc2=O)c2nc(-c3ccc(F)cc3)cs2)c1. The van der Waals surface area contributed by atoms with E-state index in [2.05, 4.69) is 4.98 Å². The van der Waals surface area contributed by atoms with Gasteiger partial charge in [0.15, 0.2) is 5.13 Å². The molecule has 4 rings (SSSR count). The second kappa shape index (κ2) is 8.56. The Hall–Kier alpha value is -3.10. The molecule has 0 spiro atoms. The van der Waals surface area contributed by atoms with Crippen molar-refractivity contribution in [3.8, 4) is 11.3 Å². The average Bonchev–Trinajstić information content (AvgIpc) is 3.31. The van der Waals surface area contributed by atoms with Gasteiger partial charge in [0, 0.05) is 22.0 Å². The number of nitrogens with zero attached hydrogens (tertiary/aromatic N) is 3. The first-order valence-electron chi connectivity index (χ1n) is 9.59. The number of benzene rings is 2. The van der Waals surface area contributed by atoms with Gasteiger partial charge in [-0.15, -0.1) is 11.3 Å². The van der Waals surface area contributed by atoms with Gasteiger partial charge in [0.2, 0.25) is 0 Å². The molecule has 0 aliphatic heterocycles. The zero-order valence-corrected chi connectivity index (χ0v) is 18.9. The Morgan fingerprint density at radius 2 is 1.71 bits per heavy atom. The van der Waals surface area contributed by atoms with Crippen molar-refractivity contribution in [3.05, 3.63) is 85.5 Å². The lowest BCUT2D eigenvalue weighted by Gasteiger charge is -2.21. The minimum atomic E-state index is -0.317. The van der Waals surface area contributed by atoms with Crippen LogP contribution in [-0.4, -0.2) is 15.5 Å². The number of carbonyl (C=O) groups is 1. The van der Waals surface area contributed by atoms with E-state index < -0.39 is 0 Å². The van der Waals surface area contributed by atoms with Gasteiger partial charge < -0.3 is 0 Å². The summed E-state index contributed by atoms with van der Waals surface area (Å²) in [5, 5.41) is 4.08. The van der Waals surface area contributed by atoms with Gasteiger partial charge in [-0.2, -0.15) is 0 Å². The number of rotatable bonds is 5. The summed E-state index contributed by atoms with van der Waals surface area (Å²) in [6, 6.07) is 12.0. The van der Waals surface area contributed by atoms with Crippen molar-refractivity contribution in [2.24, 2.45) is 0 Å². The molecule has 0 radical (unpaired) electrons. The van der Waals surface area contributed by atoms with Crippen molar-refractivity contribution >= 4 is 39.4 Å². The molecule has 0 aliphatic carbocycles. The number of aromatic nitrogens is 2. The Kier molecular flexibility index (Phi) is 5.84. The lowest BCUT2D eigenvalue weighted by Crippen LogP contribution is -2.32. The first-order valence-corrected chi connectivity index (χ1v) is 11.4. The third-order valence-corrected chi connectivity index (χ3v) is 6.51. The van der Waals surface area contributed by atoms with E-state index in [0.717, 1.165) is 33.7 Å². The first-order chi connectivity index (χ1) is 14.8. The number of thiazole rings is 2. The topological polar surface area (TPSA) is 55.2 Å². The van der Waals surface area contributed by atoms with Crippen LogP contribution in [0.5, 0.6) is 0 Å². The van der Waals surface area contributed by atoms with Crippen LogP contribution in [0.2, 0.25) is 0 Å². The summed E-state index contributed by atoms with van der Waals surface area (Å²) in [6.07, 6.45) is 0. The molecule has 2 aromatic carbocycles. The fraction of sp³-hybridized carbons (Fsp3) is 0.174. The lowest BCUT2D eigenvalue weighted by molar-refractivity contribution is -0.118. The first kappa shape index (κ1) is 21.1.